The van der Waals surface area contributed by atoms with Crippen LogP contribution in [0.25, 0.3) is 10.6 Å². The van der Waals surface area contributed by atoms with E-state index in [1.807, 2.05) is 6.07 Å². The maximum atomic E-state index is 12.9. The Balaban J connectivity index is 1.50. The molecule has 1 atom stereocenters. The highest BCUT2D eigenvalue weighted by Crippen LogP contribution is 2.26. The number of benzene rings is 2. The molecule has 150 valence electrons. The Labute approximate surface area is 176 Å². The summed E-state index contributed by atoms with van der Waals surface area (Å²) in [5, 5.41) is 5.49. The normalized spacial score (nSPS) is 11.7. The van der Waals surface area contributed by atoms with Crippen LogP contribution in [0.2, 0.25) is 5.02 Å². The van der Waals surface area contributed by atoms with Crippen molar-refractivity contribution in [1.29, 1.82) is 0 Å². The van der Waals surface area contributed by atoms with Gasteiger partial charge in [-0.15, -0.1) is 11.3 Å². The second-order valence-corrected chi connectivity index (χ2v) is 7.56. The first-order valence-corrected chi connectivity index (χ1v) is 10.1. The summed E-state index contributed by atoms with van der Waals surface area (Å²) in [5.41, 5.74) is 1.83. The van der Waals surface area contributed by atoms with E-state index in [1.54, 1.807) is 35.7 Å². The van der Waals surface area contributed by atoms with E-state index in [4.69, 9.17) is 16.3 Å². The van der Waals surface area contributed by atoms with Crippen LogP contribution >= 0.6 is 22.9 Å². The fourth-order valence-corrected chi connectivity index (χ4v) is 3.50. The summed E-state index contributed by atoms with van der Waals surface area (Å²) in [7, 11) is 0. The summed E-state index contributed by atoms with van der Waals surface area (Å²) >= 11 is 7.27. The van der Waals surface area contributed by atoms with Crippen LogP contribution in [0.3, 0.4) is 0 Å². The lowest BCUT2D eigenvalue weighted by atomic mass is 10.1. The average Bonchev–Trinajstić information content (AvgIpc) is 3.20. The summed E-state index contributed by atoms with van der Waals surface area (Å²) < 4.78 is 18.1. The molecule has 1 aromatic heterocycles. The van der Waals surface area contributed by atoms with Gasteiger partial charge in [0.05, 0.1) is 0 Å². The second-order valence-electron chi connectivity index (χ2n) is 6.26. The quantitative estimate of drug-likeness (QED) is 0.558. The van der Waals surface area contributed by atoms with E-state index in [-0.39, 0.29) is 11.5 Å². The molecule has 0 aliphatic carbocycles. The molecule has 0 radical (unpaired) electrons. The number of aromatic nitrogens is 1. The molecular weight excluding hydrogens is 415 g/mol. The van der Waals surface area contributed by atoms with Crippen molar-refractivity contribution >= 4 is 34.8 Å². The summed E-state index contributed by atoms with van der Waals surface area (Å²) in [6.45, 7) is 1.84. The first-order chi connectivity index (χ1) is 13.9. The van der Waals surface area contributed by atoms with E-state index in [0.717, 1.165) is 11.1 Å². The number of hydrogen-bond acceptors (Lipinski definition) is 5. The lowest BCUT2D eigenvalue weighted by molar-refractivity contribution is -0.129. The van der Waals surface area contributed by atoms with Gasteiger partial charge in [0, 0.05) is 22.5 Å². The predicted octanol–water partition coefficient (Wildman–Crippen LogP) is 4.51. The molecule has 0 spiro atoms. The fraction of sp³-hybridized carbons (Fsp3) is 0.190. The molecule has 3 rings (SSSR count). The fourth-order valence-electron chi connectivity index (χ4n) is 2.52. The molecule has 1 heterocycles. The zero-order valence-corrected chi connectivity index (χ0v) is 17.1. The number of nitrogens with zero attached hydrogens (tertiary/aromatic N) is 1. The maximum absolute atomic E-state index is 12.9. The molecule has 0 bridgehead atoms. The largest absolute Gasteiger partial charge is 0.448 e. The van der Waals surface area contributed by atoms with Gasteiger partial charge in [-0.2, -0.15) is 0 Å². The minimum atomic E-state index is -0.966. The van der Waals surface area contributed by atoms with E-state index < -0.39 is 18.0 Å². The molecule has 1 amide bonds. The Bertz CT molecular complexity index is 1010. The number of halogens is 2. The molecule has 0 aliphatic rings. The standard InChI is InChI=1S/C21H18ClFN2O3S/c1-13(19(26)24-10-9-14-5-7-17(23)8-6-14)28-21(27)18-12-29-20(25-18)15-3-2-4-16(22)11-15/h2-8,11-13H,9-10H2,1H3,(H,24,26). The predicted molar refractivity (Wildman–Crippen MR) is 111 cm³/mol. The SMILES string of the molecule is CC(OC(=O)c1csc(-c2cccc(Cl)c2)n1)C(=O)NCCc1ccc(F)cc1. The summed E-state index contributed by atoms with van der Waals surface area (Å²) in [6, 6.07) is 13.2. The first-order valence-electron chi connectivity index (χ1n) is 8.87. The molecule has 0 saturated heterocycles. The van der Waals surface area contributed by atoms with Crippen LogP contribution in [-0.4, -0.2) is 29.5 Å². The molecule has 8 heteroatoms. The Morgan fingerprint density at radius 1 is 1.24 bits per heavy atom. The van der Waals surface area contributed by atoms with Gasteiger partial charge in [0.25, 0.3) is 5.91 Å². The van der Waals surface area contributed by atoms with Gasteiger partial charge in [-0.3, -0.25) is 4.79 Å². The van der Waals surface area contributed by atoms with Crippen LogP contribution in [-0.2, 0) is 16.0 Å². The minimum Gasteiger partial charge on any atom is -0.448 e. The van der Waals surface area contributed by atoms with Gasteiger partial charge in [0.2, 0.25) is 0 Å². The first kappa shape index (κ1) is 21.0. The third-order valence-electron chi connectivity index (χ3n) is 4.06. The van der Waals surface area contributed by atoms with Gasteiger partial charge in [0.15, 0.2) is 11.8 Å². The van der Waals surface area contributed by atoms with Gasteiger partial charge >= 0.3 is 5.97 Å². The van der Waals surface area contributed by atoms with Gasteiger partial charge in [-0.1, -0.05) is 35.9 Å². The number of carbonyl (C=O) groups is 2. The molecule has 0 aliphatic heterocycles. The van der Waals surface area contributed by atoms with Crippen molar-refractivity contribution in [3.63, 3.8) is 0 Å². The van der Waals surface area contributed by atoms with Crippen LogP contribution in [0, 0.1) is 5.82 Å². The Morgan fingerprint density at radius 2 is 2.00 bits per heavy atom. The topological polar surface area (TPSA) is 68.3 Å². The average molecular weight is 433 g/mol. The summed E-state index contributed by atoms with van der Waals surface area (Å²) in [5.74, 6) is -1.39. The molecule has 2 aromatic carbocycles. The van der Waals surface area contributed by atoms with E-state index in [0.29, 0.717) is 23.0 Å². The zero-order chi connectivity index (χ0) is 20.8. The number of thiazole rings is 1. The second kappa shape index (κ2) is 9.62. The van der Waals surface area contributed by atoms with Crippen molar-refractivity contribution in [1.82, 2.24) is 10.3 Å². The van der Waals surface area contributed by atoms with Crippen molar-refractivity contribution in [3.8, 4) is 10.6 Å². The molecule has 1 N–H and O–H groups in total. The van der Waals surface area contributed by atoms with Crippen LogP contribution in [0.15, 0.2) is 53.9 Å². The van der Waals surface area contributed by atoms with Crippen LogP contribution in [0.5, 0.6) is 0 Å². The number of hydrogen-bond donors (Lipinski definition) is 1. The van der Waals surface area contributed by atoms with Crippen molar-refractivity contribution < 1.29 is 18.7 Å². The minimum absolute atomic E-state index is 0.135. The Hall–Kier alpha value is -2.77. The molecular formula is C21H18ClFN2O3S. The zero-order valence-electron chi connectivity index (χ0n) is 15.5. The molecule has 0 saturated carbocycles. The summed E-state index contributed by atoms with van der Waals surface area (Å²) in [4.78, 5) is 28.7. The van der Waals surface area contributed by atoms with Crippen molar-refractivity contribution in [2.75, 3.05) is 6.54 Å². The van der Waals surface area contributed by atoms with Gasteiger partial charge in [0.1, 0.15) is 10.8 Å². The molecule has 5 nitrogen and oxygen atoms in total. The highest BCUT2D eigenvalue weighted by atomic mass is 35.5. The Morgan fingerprint density at radius 3 is 2.72 bits per heavy atom. The maximum Gasteiger partial charge on any atom is 0.358 e. The van der Waals surface area contributed by atoms with Gasteiger partial charge < -0.3 is 10.1 Å². The number of esters is 1. The van der Waals surface area contributed by atoms with E-state index in [9.17, 15) is 14.0 Å². The third kappa shape index (κ3) is 5.85. The molecule has 29 heavy (non-hydrogen) atoms. The van der Waals surface area contributed by atoms with E-state index in [1.165, 1.54) is 30.4 Å². The number of ether oxygens (including phenoxy) is 1. The lowest BCUT2D eigenvalue weighted by Gasteiger charge is -2.12. The number of carbonyl (C=O) groups excluding carboxylic acids is 2. The highest BCUT2D eigenvalue weighted by molar-refractivity contribution is 7.13. The number of nitrogens with one attached hydrogen (secondary N) is 1. The number of amides is 1. The third-order valence-corrected chi connectivity index (χ3v) is 5.19. The van der Waals surface area contributed by atoms with Gasteiger partial charge in [-0.05, 0) is 43.2 Å². The molecule has 0 fully saturated rings. The number of rotatable bonds is 7. The van der Waals surface area contributed by atoms with Crippen LogP contribution < -0.4 is 5.32 Å². The van der Waals surface area contributed by atoms with Crippen molar-refractivity contribution in [2.24, 2.45) is 0 Å². The molecule has 1 unspecified atom stereocenters. The monoisotopic (exact) mass is 432 g/mol. The molecule has 3 aromatic rings. The van der Waals surface area contributed by atoms with Crippen LogP contribution in [0.4, 0.5) is 4.39 Å². The van der Waals surface area contributed by atoms with Gasteiger partial charge in [-0.25, -0.2) is 14.2 Å². The smallest absolute Gasteiger partial charge is 0.358 e. The Kier molecular flexibility index (Phi) is 6.95. The van der Waals surface area contributed by atoms with E-state index in [2.05, 4.69) is 10.3 Å². The van der Waals surface area contributed by atoms with E-state index >= 15 is 0 Å². The lowest BCUT2D eigenvalue weighted by Crippen LogP contribution is -2.37. The van der Waals surface area contributed by atoms with Crippen molar-refractivity contribution in [2.45, 2.75) is 19.4 Å². The summed E-state index contributed by atoms with van der Waals surface area (Å²) in [6.07, 6.45) is -0.422. The highest BCUT2D eigenvalue weighted by Gasteiger charge is 2.21. The van der Waals surface area contributed by atoms with Crippen LogP contribution in [0.1, 0.15) is 23.0 Å². The van der Waals surface area contributed by atoms with Crippen molar-refractivity contribution in [3.05, 3.63) is 76.0 Å².